The molecule has 0 N–H and O–H groups in total. The largest absolute Gasteiger partial charge is 0.494 e. The molecule has 2 aliphatic rings. The van der Waals surface area contributed by atoms with Gasteiger partial charge in [-0.05, 0) is 49.9 Å². The SMILES string of the molecule is CCOc1ccccc1[C@H]1C(C(=O)OCCOC)=C(C)N=C2C[C@@H](c3ccc(OC)c(OC)c3)CC(=O)C21. The van der Waals surface area contributed by atoms with Crippen molar-refractivity contribution in [1.82, 2.24) is 0 Å². The van der Waals surface area contributed by atoms with E-state index in [1.54, 1.807) is 28.3 Å². The van der Waals surface area contributed by atoms with Gasteiger partial charge in [-0.2, -0.15) is 0 Å². The van der Waals surface area contributed by atoms with Crippen molar-refractivity contribution in [2.75, 3.05) is 41.2 Å². The summed E-state index contributed by atoms with van der Waals surface area (Å²) >= 11 is 0. The lowest BCUT2D eigenvalue weighted by molar-refractivity contribution is -0.140. The maximum Gasteiger partial charge on any atom is 0.336 e. The Bertz CT molecular complexity index is 1250. The van der Waals surface area contributed by atoms with Crippen LogP contribution in [0.25, 0.3) is 0 Å². The quantitative estimate of drug-likeness (QED) is 0.325. The number of hydrogen-bond acceptors (Lipinski definition) is 8. The van der Waals surface area contributed by atoms with Crippen molar-refractivity contribution in [3.8, 4) is 17.2 Å². The lowest BCUT2D eigenvalue weighted by Crippen LogP contribution is -2.41. The molecule has 8 nitrogen and oxygen atoms in total. The molecule has 38 heavy (non-hydrogen) atoms. The van der Waals surface area contributed by atoms with Crippen molar-refractivity contribution in [3.63, 3.8) is 0 Å². The van der Waals surface area contributed by atoms with Gasteiger partial charge in [-0.15, -0.1) is 0 Å². The van der Waals surface area contributed by atoms with Crippen LogP contribution in [0.15, 0.2) is 58.7 Å². The van der Waals surface area contributed by atoms with Gasteiger partial charge >= 0.3 is 5.97 Å². The van der Waals surface area contributed by atoms with Crippen LogP contribution in [0.2, 0.25) is 0 Å². The van der Waals surface area contributed by atoms with Gasteiger partial charge in [-0.1, -0.05) is 24.3 Å². The van der Waals surface area contributed by atoms with Gasteiger partial charge in [0, 0.05) is 36.4 Å². The van der Waals surface area contributed by atoms with Crippen LogP contribution in [0.5, 0.6) is 17.2 Å². The van der Waals surface area contributed by atoms with Gasteiger partial charge in [-0.25, -0.2) is 4.79 Å². The van der Waals surface area contributed by atoms with Crippen LogP contribution in [0.4, 0.5) is 0 Å². The van der Waals surface area contributed by atoms with Crippen molar-refractivity contribution in [2.45, 2.75) is 38.5 Å². The third kappa shape index (κ3) is 5.45. The third-order valence-electron chi connectivity index (χ3n) is 7.13. The molecule has 4 rings (SSSR count). The molecule has 1 aliphatic heterocycles. The number of allylic oxidation sites excluding steroid dienone is 1. The van der Waals surface area contributed by atoms with Crippen molar-refractivity contribution >= 4 is 17.5 Å². The smallest absolute Gasteiger partial charge is 0.336 e. The lowest BCUT2D eigenvalue weighted by atomic mass is 9.66. The summed E-state index contributed by atoms with van der Waals surface area (Å²) in [5.41, 5.74) is 3.47. The van der Waals surface area contributed by atoms with E-state index in [1.807, 2.05) is 49.4 Å². The minimum Gasteiger partial charge on any atom is -0.494 e. The van der Waals surface area contributed by atoms with Crippen LogP contribution >= 0.6 is 0 Å². The lowest BCUT2D eigenvalue weighted by Gasteiger charge is -2.38. The molecule has 0 aromatic heterocycles. The molecule has 2 aromatic rings. The molecule has 0 radical (unpaired) electrons. The first-order valence-corrected chi connectivity index (χ1v) is 12.8. The van der Waals surface area contributed by atoms with E-state index < -0.39 is 17.8 Å². The van der Waals surface area contributed by atoms with Gasteiger partial charge in [0.1, 0.15) is 18.1 Å². The van der Waals surface area contributed by atoms with Crippen molar-refractivity contribution in [3.05, 3.63) is 64.9 Å². The number of fused-ring (bicyclic) bond motifs is 1. The zero-order valence-corrected chi connectivity index (χ0v) is 22.6. The number of rotatable bonds is 10. The number of carbonyl (C=O) groups excluding carboxylic acids is 2. The van der Waals surface area contributed by atoms with Crippen molar-refractivity contribution in [1.29, 1.82) is 0 Å². The number of Topliss-reactive ketones (excluding diaryl/α,β-unsaturated/α-hetero) is 1. The fourth-order valence-electron chi connectivity index (χ4n) is 5.44. The number of carbonyl (C=O) groups is 2. The number of hydrogen-bond donors (Lipinski definition) is 0. The second kappa shape index (κ2) is 12.3. The number of esters is 1. The summed E-state index contributed by atoms with van der Waals surface area (Å²) in [6.07, 6.45) is 0.903. The Balaban J connectivity index is 1.77. The molecule has 0 saturated heterocycles. The summed E-state index contributed by atoms with van der Waals surface area (Å²) in [5.74, 6) is 0.226. The zero-order valence-electron chi connectivity index (χ0n) is 22.6. The highest BCUT2D eigenvalue weighted by Gasteiger charge is 2.47. The second-order valence-electron chi connectivity index (χ2n) is 9.34. The molecular formula is C30H35NO7. The van der Waals surface area contributed by atoms with Crippen LogP contribution in [-0.2, 0) is 19.1 Å². The summed E-state index contributed by atoms with van der Waals surface area (Å²) < 4.78 is 27.4. The molecule has 2 aromatic carbocycles. The number of benzene rings is 2. The minimum absolute atomic E-state index is 0.0285. The Morgan fingerprint density at radius 2 is 1.71 bits per heavy atom. The Labute approximate surface area is 223 Å². The summed E-state index contributed by atoms with van der Waals surface area (Å²) in [6.45, 7) is 4.56. The average Bonchev–Trinajstić information content (AvgIpc) is 2.92. The molecule has 0 amide bonds. The first kappa shape index (κ1) is 27.4. The summed E-state index contributed by atoms with van der Waals surface area (Å²) in [5, 5.41) is 0. The van der Waals surface area contributed by atoms with E-state index in [2.05, 4.69) is 0 Å². The normalized spacial score (nSPS) is 20.9. The van der Waals surface area contributed by atoms with E-state index >= 15 is 0 Å². The Kier molecular flexibility index (Phi) is 8.84. The van der Waals surface area contributed by atoms with Crippen LogP contribution in [0, 0.1) is 5.92 Å². The van der Waals surface area contributed by atoms with Crippen LogP contribution < -0.4 is 14.2 Å². The fraction of sp³-hybridized carbons (Fsp3) is 0.433. The second-order valence-corrected chi connectivity index (χ2v) is 9.34. The van der Waals surface area contributed by atoms with Gasteiger partial charge in [0.15, 0.2) is 11.5 Å². The number of ketones is 1. The molecule has 8 heteroatoms. The average molecular weight is 522 g/mol. The predicted molar refractivity (Wildman–Crippen MR) is 143 cm³/mol. The number of para-hydroxylation sites is 1. The first-order chi connectivity index (χ1) is 18.4. The van der Waals surface area contributed by atoms with E-state index in [4.69, 9.17) is 28.7 Å². The van der Waals surface area contributed by atoms with E-state index in [9.17, 15) is 9.59 Å². The standard InChI is InChI=1S/C30H35NO7/c1-6-37-24-10-8-7-9-21(24)28-27(30(33)38-14-13-34-3)18(2)31-22-15-20(16-23(32)29(22)28)19-11-12-25(35-4)26(17-19)36-5/h7-12,17,20,28-29H,6,13-16H2,1-5H3/t20-,28+,29?/m1/s1. The highest BCUT2D eigenvalue weighted by Crippen LogP contribution is 2.48. The fourth-order valence-corrected chi connectivity index (χ4v) is 5.44. The van der Waals surface area contributed by atoms with Crippen molar-refractivity contribution in [2.24, 2.45) is 10.9 Å². The number of ether oxygens (including phenoxy) is 5. The summed E-state index contributed by atoms with van der Waals surface area (Å²) in [4.78, 5) is 32.1. The maximum atomic E-state index is 13.9. The van der Waals surface area contributed by atoms with E-state index in [-0.39, 0.29) is 24.9 Å². The number of aliphatic imine (C=N–C) groups is 1. The topological polar surface area (TPSA) is 92.7 Å². The minimum atomic E-state index is -0.582. The number of methoxy groups -OCH3 is 3. The number of nitrogens with zero attached hydrogens (tertiary/aromatic N) is 1. The van der Waals surface area contributed by atoms with E-state index in [1.165, 1.54) is 0 Å². The van der Waals surface area contributed by atoms with Crippen LogP contribution in [-0.4, -0.2) is 58.6 Å². The summed E-state index contributed by atoms with van der Waals surface area (Å²) in [6, 6.07) is 13.3. The molecule has 0 bridgehead atoms. The highest BCUT2D eigenvalue weighted by molar-refractivity contribution is 6.12. The van der Waals surface area contributed by atoms with Gasteiger partial charge in [0.05, 0.1) is 38.9 Å². The molecule has 1 unspecified atom stereocenters. The van der Waals surface area contributed by atoms with Crippen LogP contribution in [0.1, 0.15) is 49.7 Å². The predicted octanol–water partition coefficient (Wildman–Crippen LogP) is 4.87. The Morgan fingerprint density at radius 1 is 0.947 bits per heavy atom. The molecule has 1 aliphatic carbocycles. The maximum absolute atomic E-state index is 13.9. The molecule has 1 heterocycles. The first-order valence-electron chi connectivity index (χ1n) is 12.8. The zero-order chi connectivity index (χ0) is 27.2. The highest BCUT2D eigenvalue weighted by atomic mass is 16.6. The Morgan fingerprint density at radius 3 is 2.42 bits per heavy atom. The van der Waals surface area contributed by atoms with E-state index in [0.29, 0.717) is 48.0 Å². The van der Waals surface area contributed by atoms with Crippen molar-refractivity contribution < 1.29 is 33.3 Å². The monoisotopic (exact) mass is 521 g/mol. The molecule has 0 spiro atoms. The molecule has 1 saturated carbocycles. The summed E-state index contributed by atoms with van der Waals surface area (Å²) in [7, 11) is 4.74. The Hall–Kier alpha value is -3.65. The molecule has 202 valence electrons. The van der Waals surface area contributed by atoms with Crippen LogP contribution in [0.3, 0.4) is 0 Å². The molecule has 1 fully saturated rings. The van der Waals surface area contributed by atoms with Gasteiger partial charge in [-0.3, -0.25) is 9.79 Å². The molecule has 3 atom stereocenters. The van der Waals surface area contributed by atoms with Gasteiger partial charge in [0.25, 0.3) is 0 Å². The third-order valence-corrected chi connectivity index (χ3v) is 7.13. The van der Waals surface area contributed by atoms with Gasteiger partial charge < -0.3 is 23.7 Å². The molecular weight excluding hydrogens is 486 g/mol. The van der Waals surface area contributed by atoms with E-state index in [0.717, 1.165) is 16.8 Å². The van der Waals surface area contributed by atoms with Gasteiger partial charge in [0.2, 0.25) is 0 Å².